The molecule has 0 aromatic heterocycles. The Kier molecular flexibility index (Phi) is 9.86. The number of piperazine rings is 1. The first-order valence-corrected chi connectivity index (χ1v) is 11.9. The molecule has 0 atom stereocenters. The number of rotatable bonds is 6. The van der Waals surface area contributed by atoms with Crippen molar-refractivity contribution in [3.63, 3.8) is 0 Å². The van der Waals surface area contributed by atoms with Crippen LogP contribution >= 0.6 is 35.6 Å². The number of halogens is 2. The van der Waals surface area contributed by atoms with Gasteiger partial charge in [-0.3, -0.25) is 4.99 Å². The van der Waals surface area contributed by atoms with E-state index >= 15 is 0 Å². The van der Waals surface area contributed by atoms with Gasteiger partial charge in [0.15, 0.2) is 5.96 Å². The summed E-state index contributed by atoms with van der Waals surface area (Å²) in [7, 11) is -0.0503. The molecule has 1 fully saturated rings. The fourth-order valence-corrected chi connectivity index (χ4v) is 4.46. The van der Waals surface area contributed by atoms with Crippen molar-refractivity contribution in [1.82, 2.24) is 14.9 Å². The zero-order chi connectivity index (χ0) is 21.6. The van der Waals surface area contributed by atoms with Crippen LogP contribution < -0.4 is 14.9 Å². The minimum atomic E-state index is -3.26. The molecule has 1 aliphatic heterocycles. The molecule has 2 N–H and O–H groups in total. The Morgan fingerprint density at radius 2 is 1.65 bits per heavy atom. The molecule has 170 valence electrons. The van der Waals surface area contributed by atoms with Crippen molar-refractivity contribution in [2.24, 2.45) is 4.99 Å². The van der Waals surface area contributed by atoms with E-state index in [9.17, 15) is 8.42 Å². The molecule has 3 rings (SSSR count). The SMILES string of the molecule is CN=C(NCc1ccc(CS(=O)(=O)NC)cc1)N1CCN(c2ccccc2Cl)CC1.I. The molecule has 1 heterocycles. The second-order valence-electron chi connectivity index (χ2n) is 7.11. The topological polar surface area (TPSA) is 77.0 Å². The Morgan fingerprint density at radius 3 is 2.23 bits per heavy atom. The number of para-hydroxylation sites is 1. The maximum absolute atomic E-state index is 11.7. The highest BCUT2D eigenvalue weighted by Crippen LogP contribution is 2.26. The lowest BCUT2D eigenvalue weighted by Crippen LogP contribution is -2.52. The van der Waals surface area contributed by atoms with Crippen LogP contribution in [0, 0.1) is 0 Å². The summed E-state index contributed by atoms with van der Waals surface area (Å²) < 4.78 is 25.7. The van der Waals surface area contributed by atoms with Crippen molar-refractivity contribution in [3.05, 3.63) is 64.7 Å². The van der Waals surface area contributed by atoms with Crippen molar-refractivity contribution in [2.75, 3.05) is 45.2 Å². The molecule has 7 nitrogen and oxygen atoms in total. The number of hydrogen-bond donors (Lipinski definition) is 2. The molecule has 0 spiro atoms. The average Bonchev–Trinajstić information content (AvgIpc) is 2.76. The summed E-state index contributed by atoms with van der Waals surface area (Å²) in [6.07, 6.45) is 0. The van der Waals surface area contributed by atoms with Crippen LogP contribution in [0.5, 0.6) is 0 Å². The Labute approximate surface area is 206 Å². The summed E-state index contributed by atoms with van der Waals surface area (Å²) in [6.45, 7) is 4.08. The van der Waals surface area contributed by atoms with Crippen molar-refractivity contribution in [2.45, 2.75) is 12.3 Å². The van der Waals surface area contributed by atoms with Gasteiger partial charge in [-0.05, 0) is 30.3 Å². The van der Waals surface area contributed by atoms with Crippen LogP contribution in [0.1, 0.15) is 11.1 Å². The molecular formula is C21H29ClIN5O2S. The summed E-state index contributed by atoms with van der Waals surface area (Å²) in [5, 5.41) is 4.18. The number of benzene rings is 2. The van der Waals surface area contributed by atoms with Crippen molar-refractivity contribution >= 4 is 57.2 Å². The van der Waals surface area contributed by atoms with E-state index in [-0.39, 0.29) is 29.7 Å². The van der Waals surface area contributed by atoms with Gasteiger partial charge in [0.1, 0.15) is 0 Å². The summed E-state index contributed by atoms with van der Waals surface area (Å²) in [5.74, 6) is 0.838. The van der Waals surface area contributed by atoms with Gasteiger partial charge in [-0.2, -0.15) is 0 Å². The average molecular weight is 578 g/mol. The maximum Gasteiger partial charge on any atom is 0.215 e. The van der Waals surface area contributed by atoms with E-state index in [4.69, 9.17) is 11.6 Å². The standard InChI is InChI=1S/C21H28ClN5O2S.HI/c1-23-21(25-15-17-7-9-18(10-8-17)16-30(28,29)24-2)27-13-11-26(12-14-27)20-6-4-3-5-19(20)22;/h3-10,24H,11-16H2,1-2H3,(H,23,25);1H. The van der Waals surface area contributed by atoms with Crippen LogP contribution in [0.4, 0.5) is 5.69 Å². The predicted octanol–water partition coefficient (Wildman–Crippen LogP) is 2.90. The summed E-state index contributed by atoms with van der Waals surface area (Å²) in [4.78, 5) is 8.95. The van der Waals surface area contributed by atoms with Gasteiger partial charge >= 0.3 is 0 Å². The normalized spacial score (nSPS) is 14.9. The first-order chi connectivity index (χ1) is 14.4. The van der Waals surface area contributed by atoms with Crippen LogP contribution in [0.25, 0.3) is 0 Å². The number of hydrogen-bond acceptors (Lipinski definition) is 4. The van der Waals surface area contributed by atoms with Crippen LogP contribution in [-0.2, 0) is 22.3 Å². The zero-order valence-corrected chi connectivity index (χ0v) is 21.6. The lowest BCUT2D eigenvalue weighted by Gasteiger charge is -2.38. The molecule has 10 heteroatoms. The fourth-order valence-electron chi connectivity index (χ4n) is 3.43. The smallest absolute Gasteiger partial charge is 0.215 e. The monoisotopic (exact) mass is 577 g/mol. The van der Waals surface area contributed by atoms with Gasteiger partial charge in [-0.15, -0.1) is 24.0 Å². The van der Waals surface area contributed by atoms with E-state index in [0.29, 0.717) is 6.54 Å². The summed E-state index contributed by atoms with van der Waals surface area (Å²) >= 11 is 6.33. The second-order valence-corrected chi connectivity index (χ2v) is 9.44. The van der Waals surface area contributed by atoms with E-state index in [0.717, 1.165) is 54.0 Å². The molecule has 2 aromatic carbocycles. The number of guanidine groups is 1. The minimum absolute atomic E-state index is 0. The first-order valence-electron chi connectivity index (χ1n) is 9.86. The van der Waals surface area contributed by atoms with Gasteiger partial charge in [0.2, 0.25) is 10.0 Å². The molecule has 0 saturated carbocycles. The molecule has 0 bridgehead atoms. The number of sulfonamides is 1. The quantitative estimate of drug-likeness (QED) is 0.314. The minimum Gasteiger partial charge on any atom is -0.367 e. The van der Waals surface area contributed by atoms with Gasteiger partial charge < -0.3 is 15.1 Å². The summed E-state index contributed by atoms with van der Waals surface area (Å²) in [6, 6.07) is 15.5. The van der Waals surface area contributed by atoms with Gasteiger partial charge in [-0.25, -0.2) is 13.1 Å². The molecular weight excluding hydrogens is 549 g/mol. The molecule has 0 aliphatic carbocycles. The Balaban J connectivity index is 0.00000341. The maximum atomic E-state index is 11.7. The molecule has 1 aliphatic rings. The number of aliphatic imine (C=N–C) groups is 1. The van der Waals surface area contributed by atoms with Crippen LogP contribution in [0.15, 0.2) is 53.5 Å². The lowest BCUT2D eigenvalue weighted by atomic mass is 10.1. The van der Waals surface area contributed by atoms with Crippen LogP contribution in [0.2, 0.25) is 5.02 Å². The second kappa shape index (κ2) is 11.9. The van der Waals surface area contributed by atoms with Crippen molar-refractivity contribution in [1.29, 1.82) is 0 Å². The Morgan fingerprint density at radius 1 is 1.03 bits per heavy atom. The number of anilines is 1. The van der Waals surface area contributed by atoms with E-state index in [1.54, 1.807) is 7.05 Å². The largest absolute Gasteiger partial charge is 0.367 e. The van der Waals surface area contributed by atoms with Gasteiger partial charge in [0.25, 0.3) is 0 Å². The molecule has 1 saturated heterocycles. The van der Waals surface area contributed by atoms with Crippen molar-refractivity contribution in [3.8, 4) is 0 Å². The van der Waals surface area contributed by atoms with Gasteiger partial charge in [-0.1, -0.05) is 48.0 Å². The third-order valence-corrected chi connectivity index (χ3v) is 6.78. The van der Waals surface area contributed by atoms with E-state index in [1.807, 2.05) is 42.5 Å². The van der Waals surface area contributed by atoms with E-state index < -0.39 is 10.0 Å². The van der Waals surface area contributed by atoms with E-state index in [2.05, 4.69) is 30.9 Å². The highest BCUT2D eigenvalue weighted by molar-refractivity contribution is 14.0. The summed E-state index contributed by atoms with van der Waals surface area (Å²) in [5.41, 5.74) is 2.90. The van der Waals surface area contributed by atoms with Crippen LogP contribution in [0.3, 0.4) is 0 Å². The number of nitrogens with zero attached hydrogens (tertiary/aromatic N) is 3. The third-order valence-electron chi connectivity index (χ3n) is 5.13. The molecule has 0 amide bonds. The predicted molar refractivity (Wildman–Crippen MR) is 139 cm³/mol. The molecule has 31 heavy (non-hydrogen) atoms. The van der Waals surface area contributed by atoms with Crippen molar-refractivity contribution < 1.29 is 8.42 Å². The lowest BCUT2D eigenvalue weighted by molar-refractivity contribution is 0.372. The van der Waals surface area contributed by atoms with Crippen LogP contribution in [-0.4, -0.2) is 59.6 Å². The fraction of sp³-hybridized carbons (Fsp3) is 0.381. The molecule has 0 radical (unpaired) electrons. The zero-order valence-electron chi connectivity index (χ0n) is 17.7. The third kappa shape index (κ3) is 7.23. The molecule has 2 aromatic rings. The Bertz CT molecular complexity index is 978. The van der Waals surface area contributed by atoms with E-state index in [1.165, 1.54) is 7.05 Å². The highest BCUT2D eigenvalue weighted by atomic mass is 127. The van der Waals surface area contributed by atoms with Gasteiger partial charge in [0.05, 0.1) is 16.5 Å². The van der Waals surface area contributed by atoms with Gasteiger partial charge in [0, 0.05) is 39.8 Å². The first kappa shape index (κ1) is 25.7. The molecule has 0 unspecified atom stereocenters. The Hall–Kier alpha value is -1.56. The number of nitrogens with one attached hydrogen (secondary N) is 2. The highest BCUT2D eigenvalue weighted by Gasteiger charge is 2.21.